The van der Waals surface area contributed by atoms with E-state index in [1.165, 1.54) is 12.0 Å². The Kier molecular flexibility index (Phi) is 3.30. The summed E-state index contributed by atoms with van der Waals surface area (Å²) in [6, 6.07) is 0. The predicted octanol–water partition coefficient (Wildman–Crippen LogP) is 1.95. The van der Waals surface area contributed by atoms with Gasteiger partial charge in [0.25, 0.3) is 0 Å². The van der Waals surface area contributed by atoms with Crippen molar-refractivity contribution in [3.63, 3.8) is 0 Å². The van der Waals surface area contributed by atoms with E-state index in [-0.39, 0.29) is 5.60 Å². The van der Waals surface area contributed by atoms with Crippen molar-refractivity contribution in [1.82, 2.24) is 10.5 Å². The Hall–Kier alpha value is -0.870. The first-order valence-electron chi connectivity index (χ1n) is 5.84. The summed E-state index contributed by atoms with van der Waals surface area (Å²) < 4.78 is 10.7. The van der Waals surface area contributed by atoms with Crippen LogP contribution >= 0.6 is 0 Å². The molecule has 0 aliphatic heterocycles. The molecule has 1 fully saturated rings. The van der Waals surface area contributed by atoms with Crippen LogP contribution in [-0.2, 0) is 11.3 Å². The van der Waals surface area contributed by atoms with Gasteiger partial charge in [-0.15, -0.1) is 0 Å². The molecule has 4 heteroatoms. The highest BCUT2D eigenvalue weighted by molar-refractivity contribution is 5.20. The van der Waals surface area contributed by atoms with Crippen molar-refractivity contribution >= 4 is 0 Å². The fourth-order valence-corrected chi connectivity index (χ4v) is 2.19. The van der Waals surface area contributed by atoms with Gasteiger partial charge in [0.1, 0.15) is 5.76 Å². The fourth-order valence-electron chi connectivity index (χ4n) is 2.19. The molecule has 2 rings (SSSR count). The summed E-state index contributed by atoms with van der Waals surface area (Å²) in [5.41, 5.74) is 2.23. The first-order chi connectivity index (χ1) is 7.67. The maximum Gasteiger partial charge on any atom is 0.138 e. The number of hydrogen-bond donors (Lipinski definition) is 1. The second kappa shape index (κ2) is 4.55. The van der Waals surface area contributed by atoms with Crippen molar-refractivity contribution in [2.45, 2.75) is 45.3 Å². The van der Waals surface area contributed by atoms with Crippen molar-refractivity contribution in [2.24, 2.45) is 0 Å². The number of rotatable bonds is 5. The third-order valence-corrected chi connectivity index (χ3v) is 3.63. The second-order valence-electron chi connectivity index (χ2n) is 4.65. The van der Waals surface area contributed by atoms with Crippen LogP contribution < -0.4 is 5.32 Å². The third-order valence-electron chi connectivity index (χ3n) is 3.63. The predicted molar refractivity (Wildman–Crippen MR) is 61.3 cm³/mol. The Balaban J connectivity index is 1.84. The summed E-state index contributed by atoms with van der Waals surface area (Å²) in [6.45, 7) is 5.65. The molecule has 0 atom stereocenters. The number of hydrogen-bond acceptors (Lipinski definition) is 4. The molecule has 1 saturated carbocycles. The summed E-state index contributed by atoms with van der Waals surface area (Å²) in [5.74, 6) is 0.907. The van der Waals surface area contributed by atoms with E-state index in [9.17, 15) is 0 Å². The lowest BCUT2D eigenvalue weighted by atomic mass is 9.80. The molecule has 1 heterocycles. The van der Waals surface area contributed by atoms with E-state index in [1.54, 1.807) is 7.11 Å². The van der Waals surface area contributed by atoms with Crippen LogP contribution in [0, 0.1) is 13.8 Å². The SMILES string of the molecule is COC1(CNCc2c(C)noc2C)CCC1. The molecule has 1 N–H and O–H groups in total. The zero-order chi connectivity index (χ0) is 11.6. The molecule has 0 aromatic carbocycles. The van der Waals surface area contributed by atoms with E-state index in [4.69, 9.17) is 9.26 Å². The van der Waals surface area contributed by atoms with Crippen LogP contribution in [-0.4, -0.2) is 24.4 Å². The molecule has 0 amide bonds. The molecule has 4 nitrogen and oxygen atoms in total. The van der Waals surface area contributed by atoms with E-state index < -0.39 is 0 Å². The molecule has 1 aliphatic carbocycles. The first-order valence-corrected chi connectivity index (χ1v) is 5.84. The van der Waals surface area contributed by atoms with Gasteiger partial charge >= 0.3 is 0 Å². The zero-order valence-electron chi connectivity index (χ0n) is 10.3. The summed E-state index contributed by atoms with van der Waals surface area (Å²) in [4.78, 5) is 0. The quantitative estimate of drug-likeness (QED) is 0.830. The fraction of sp³-hybridized carbons (Fsp3) is 0.750. The smallest absolute Gasteiger partial charge is 0.138 e. The van der Waals surface area contributed by atoms with Gasteiger partial charge in [-0.05, 0) is 33.1 Å². The van der Waals surface area contributed by atoms with Gasteiger partial charge in [0.2, 0.25) is 0 Å². The molecular formula is C12H20N2O2. The monoisotopic (exact) mass is 224 g/mol. The van der Waals surface area contributed by atoms with Gasteiger partial charge in [0, 0.05) is 25.8 Å². The molecule has 16 heavy (non-hydrogen) atoms. The van der Waals surface area contributed by atoms with E-state index in [0.717, 1.165) is 37.4 Å². The van der Waals surface area contributed by atoms with Gasteiger partial charge in [-0.1, -0.05) is 5.16 Å². The molecular weight excluding hydrogens is 204 g/mol. The standard InChI is InChI=1S/C12H20N2O2/c1-9-11(10(2)16-14-9)7-13-8-12(15-3)5-4-6-12/h13H,4-8H2,1-3H3. The van der Waals surface area contributed by atoms with Crippen molar-refractivity contribution in [1.29, 1.82) is 0 Å². The highest BCUT2D eigenvalue weighted by Crippen LogP contribution is 2.34. The van der Waals surface area contributed by atoms with Crippen LogP contribution in [0.25, 0.3) is 0 Å². The van der Waals surface area contributed by atoms with Crippen LogP contribution in [0.2, 0.25) is 0 Å². The number of aryl methyl sites for hydroxylation is 2. The van der Waals surface area contributed by atoms with Crippen LogP contribution in [0.1, 0.15) is 36.3 Å². The Morgan fingerprint density at radius 1 is 1.44 bits per heavy atom. The van der Waals surface area contributed by atoms with Gasteiger partial charge in [0.15, 0.2) is 0 Å². The van der Waals surface area contributed by atoms with E-state index in [0.29, 0.717) is 0 Å². The number of nitrogens with zero attached hydrogens (tertiary/aromatic N) is 1. The summed E-state index contributed by atoms with van der Waals surface area (Å²) >= 11 is 0. The van der Waals surface area contributed by atoms with Crippen LogP contribution in [0.3, 0.4) is 0 Å². The van der Waals surface area contributed by atoms with Gasteiger partial charge < -0.3 is 14.6 Å². The molecule has 1 aromatic heterocycles. The minimum atomic E-state index is 0.0823. The number of nitrogens with one attached hydrogen (secondary N) is 1. The molecule has 0 bridgehead atoms. The third kappa shape index (κ3) is 2.13. The minimum absolute atomic E-state index is 0.0823. The van der Waals surface area contributed by atoms with Gasteiger partial charge in [-0.25, -0.2) is 0 Å². The Labute approximate surface area is 96.3 Å². The number of methoxy groups -OCH3 is 1. The minimum Gasteiger partial charge on any atom is -0.377 e. The molecule has 0 saturated heterocycles. The molecule has 0 unspecified atom stereocenters. The Morgan fingerprint density at radius 3 is 2.62 bits per heavy atom. The molecule has 90 valence electrons. The zero-order valence-corrected chi connectivity index (χ0v) is 10.3. The largest absolute Gasteiger partial charge is 0.377 e. The summed E-state index contributed by atoms with van der Waals surface area (Å²) in [6.07, 6.45) is 3.61. The average Bonchev–Trinajstić information content (AvgIpc) is 2.53. The van der Waals surface area contributed by atoms with E-state index in [2.05, 4.69) is 10.5 Å². The van der Waals surface area contributed by atoms with Crippen molar-refractivity contribution in [3.8, 4) is 0 Å². The maximum atomic E-state index is 5.55. The van der Waals surface area contributed by atoms with Crippen LogP contribution in [0.15, 0.2) is 4.52 Å². The maximum absolute atomic E-state index is 5.55. The highest BCUT2D eigenvalue weighted by Gasteiger charge is 2.36. The normalized spacial score (nSPS) is 18.4. The molecule has 1 aromatic rings. The summed E-state index contributed by atoms with van der Waals surface area (Å²) in [7, 11) is 1.80. The van der Waals surface area contributed by atoms with Crippen molar-refractivity contribution in [3.05, 3.63) is 17.0 Å². The topological polar surface area (TPSA) is 47.3 Å². The summed E-state index contributed by atoms with van der Waals surface area (Å²) in [5, 5.41) is 7.38. The first kappa shape index (κ1) is 11.6. The molecule has 0 spiro atoms. The highest BCUT2D eigenvalue weighted by atomic mass is 16.5. The Bertz CT molecular complexity index is 331. The number of aromatic nitrogens is 1. The van der Waals surface area contributed by atoms with E-state index in [1.807, 2.05) is 13.8 Å². The molecule has 0 radical (unpaired) electrons. The molecule has 1 aliphatic rings. The Morgan fingerprint density at radius 2 is 2.19 bits per heavy atom. The van der Waals surface area contributed by atoms with Gasteiger partial charge in [-0.2, -0.15) is 0 Å². The second-order valence-corrected chi connectivity index (χ2v) is 4.65. The van der Waals surface area contributed by atoms with Crippen LogP contribution in [0.5, 0.6) is 0 Å². The van der Waals surface area contributed by atoms with Crippen molar-refractivity contribution in [2.75, 3.05) is 13.7 Å². The number of ether oxygens (including phenoxy) is 1. The van der Waals surface area contributed by atoms with E-state index >= 15 is 0 Å². The lowest BCUT2D eigenvalue weighted by Gasteiger charge is -2.40. The lowest BCUT2D eigenvalue weighted by molar-refractivity contribution is -0.0695. The van der Waals surface area contributed by atoms with Gasteiger partial charge in [0.05, 0.1) is 11.3 Å². The van der Waals surface area contributed by atoms with Crippen LogP contribution in [0.4, 0.5) is 0 Å². The average molecular weight is 224 g/mol. The van der Waals surface area contributed by atoms with Gasteiger partial charge in [-0.3, -0.25) is 0 Å². The van der Waals surface area contributed by atoms with Crippen molar-refractivity contribution < 1.29 is 9.26 Å². The lowest BCUT2D eigenvalue weighted by Crippen LogP contribution is -2.47.